The summed E-state index contributed by atoms with van der Waals surface area (Å²) < 4.78 is 14.2. The number of nitrogens with zero attached hydrogens (tertiary/aromatic N) is 2. The van der Waals surface area contributed by atoms with Crippen LogP contribution >= 0.6 is 15.9 Å². The molecule has 2 rings (SSSR count). The Kier molecular flexibility index (Phi) is 5.06. The molecule has 0 aliphatic carbocycles. The lowest BCUT2D eigenvalue weighted by Crippen LogP contribution is -2.09. The van der Waals surface area contributed by atoms with E-state index in [0.717, 1.165) is 16.2 Å². The van der Waals surface area contributed by atoms with Crippen molar-refractivity contribution in [3.63, 3.8) is 0 Å². The summed E-state index contributed by atoms with van der Waals surface area (Å²) in [6, 6.07) is 8.65. The summed E-state index contributed by atoms with van der Waals surface area (Å²) in [5.41, 5.74) is 0.706. The van der Waals surface area contributed by atoms with Crippen molar-refractivity contribution in [2.75, 3.05) is 11.9 Å². The molecular formula is C15H17BrFN3. The quantitative estimate of drug-likeness (QED) is 0.832. The molecule has 0 unspecified atom stereocenters. The predicted octanol–water partition coefficient (Wildman–Crippen LogP) is 4.16. The highest BCUT2D eigenvalue weighted by molar-refractivity contribution is 9.10. The second-order valence-electron chi connectivity index (χ2n) is 4.86. The third-order valence-corrected chi connectivity index (χ3v) is 3.29. The largest absolute Gasteiger partial charge is 0.370 e. The molecule has 3 nitrogen and oxygen atoms in total. The van der Waals surface area contributed by atoms with Crippen LogP contribution in [0.25, 0.3) is 0 Å². The van der Waals surface area contributed by atoms with Crippen molar-refractivity contribution in [2.45, 2.75) is 26.2 Å². The molecule has 0 fully saturated rings. The van der Waals surface area contributed by atoms with E-state index in [1.54, 1.807) is 12.1 Å². The fourth-order valence-electron chi connectivity index (χ4n) is 1.81. The summed E-state index contributed by atoms with van der Waals surface area (Å²) in [5, 5.41) is 3.21. The second-order valence-corrected chi connectivity index (χ2v) is 5.67. The molecule has 1 heterocycles. The Morgan fingerprint density at radius 2 is 2.00 bits per heavy atom. The molecule has 0 bridgehead atoms. The van der Waals surface area contributed by atoms with E-state index in [-0.39, 0.29) is 11.7 Å². The van der Waals surface area contributed by atoms with E-state index in [0.29, 0.717) is 18.5 Å². The van der Waals surface area contributed by atoms with Gasteiger partial charge in [0.1, 0.15) is 22.1 Å². The predicted molar refractivity (Wildman–Crippen MR) is 82.4 cm³/mol. The molecule has 0 spiro atoms. The number of nitrogens with one attached hydrogen (secondary N) is 1. The highest BCUT2D eigenvalue weighted by Crippen LogP contribution is 2.17. The SMILES string of the molecule is CC(C)c1nc(Br)cc(NCCc2ccccc2F)n1. The van der Waals surface area contributed by atoms with E-state index in [9.17, 15) is 4.39 Å². The van der Waals surface area contributed by atoms with Gasteiger partial charge in [0, 0.05) is 18.5 Å². The van der Waals surface area contributed by atoms with Gasteiger partial charge in [-0.3, -0.25) is 0 Å². The second kappa shape index (κ2) is 6.79. The number of hydrogen-bond acceptors (Lipinski definition) is 3. The first-order valence-electron chi connectivity index (χ1n) is 6.58. The minimum Gasteiger partial charge on any atom is -0.370 e. The summed E-state index contributed by atoms with van der Waals surface area (Å²) in [6.07, 6.45) is 0.616. The van der Waals surface area contributed by atoms with Gasteiger partial charge < -0.3 is 5.32 Å². The maximum Gasteiger partial charge on any atom is 0.134 e. The van der Waals surface area contributed by atoms with E-state index >= 15 is 0 Å². The molecule has 106 valence electrons. The number of halogens is 2. The summed E-state index contributed by atoms with van der Waals surface area (Å²) in [5.74, 6) is 1.64. The molecule has 0 aliphatic rings. The molecule has 5 heteroatoms. The van der Waals surface area contributed by atoms with Crippen LogP contribution in [0.2, 0.25) is 0 Å². The van der Waals surface area contributed by atoms with Gasteiger partial charge in [-0.05, 0) is 34.0 Å². The van der Waals surface area contributed by atoms with Gasteiger partial charge in [0.25, 0.3) is 0 Å². The van der Waals surface area contributed by atoms with E-state index in [4.69, 9.17) is 0 Å². The highest BCUT2D eigenvalue weighted by Gasteiger charge is 2.07. The first kappa shape index (κ1) is 14.9. The number of aromatic nitrogens is 2. The van der Waals surface area contributed by atoms with Gasteiger partial charge in [-0.25, -0.2) is 14.4 Å². The Labute approximate surface area is 126 Å². The van der Waals surface area contributed by atoms with Crippen molar-refractivity contribution < 1.29 is 4.39 Å². The Balaban J connectivity index is 1.99. The number of hydrogen-bond donors (Lipinski definition) is 1. The standard InChI is InChI=1S/C15H17BrFN3/c1-10(2)15-19-13(16)9-14(20-15)18-8-7-11-5-3-4-6-12(11)17/h3-6,9-10H,7-8H2,1-2H3,(H,18,19,20). The van der Waals surface area contributed by atoms with Crippen LogP contribution in [0.4, 0.5) is 10.2 Å². The summed E-state index contributed by atoms with van der Waals surface area (Å²) in [7, 11) is 0. The third kappa shape index (κ3) is 4.00. The van der Waals surface area contributed by atoms with Gasteiger partial charge in [0.05, 0.1) is 0 Å². The van der Waals surface area contributed by atoms with Crippen LogP contribution in [0.3, 0.4) is 0 Å². The van der Waals surface area contributed by atoms with Gasteiger partial charge >= 0.3 is 0 Å². The Morgan fingerprint density at radius 3 is 2.70 bits per heavy atom. The number of benzene rings is 1. The lowest BCUT2D eigenvalue weighted by Gasteiger charge is -2.10. The Morgan fingerprint density at radius 1 is 1.25 bits per heavy atom. The minimum absolute atomic E-state index is 0.166. The van der Waals surface area contributed by atoms with Gasteiger partial charge in [-0.2, -0.15) is 0 Å². The molecular weight excluding hydrogens is 321 g/mol. The van der Waals surface area contributed by atoms with Gasteiger partial charge in [0.15, 0.2) is 0 Å². The molecule has 2 aromatic rings. The average molecular weight is 338 g/mol. The van der Waals surface area contributed by atoms with Crippen LogP contribution in [0, 0.1) is 5.82 Å². The summed E-state index contributed by atoms with van der Waals surface area (Å²) in [6.45, 7) is 4.72. The van der Waals surface area contributed by atoms with Gasteiger partial charge in [-0.15, -0.1) is 0 Å². The monoisotopic (exact) mass is 337 g/mol. The molecule has 1 N–H and O–H groups in total. The van der Waals surface area contributed by atoms with Crippen LogP contribution in [0.15, 0.2) is 34.9 Å². The molecule has 20 heavy (non-hydrogen) atoms. The molecule has 1 aromatic heterocycles. The fraction of sp³-hybridized carbons (Fsp3) is 0.333. The molecule has 0 saturated heterocycles. The Bertz CT molecular complexity index is 587. The average Bonchev–Trinajstić information content (AvgIpc) is 2.40. The van der Waals surface area contributed by atoms with Crippen molar-refractivity contribution in [3.8, 4) is 0 Å². The lowest BCUT2D eigenvalue weighted by atomic mass is 10.1. The molecule has 0 aliphatic heterocycles. The zero-order valence-electron chi connectivity index (χ0n) is 11.5. The number of anilines is 1. The van der Waals surface area contributed by atoms with Gasteiger partial charge in [-0.1, -0.05) is 32.0 Å². The van der Waals surface area contributed by atoms with Crippen LogP contribution in [0.5, 0.6) is 0 Å². The first-order valence-corrected chi connectivity index (χ1v) is 7.37. The van der Waals surface area contributed by atoms with Crippen LogP contribution < -0.4 is 5.32 Å². The minimum atomic E-state index is -0.166. The Hall–Kier alpha value is -1.49. The van der Waals surface area contributed by atoms with Crippen molar-refractivity contribution in [1.29, 1.82) is 0 Å². The van der Waals surface area contributed by atoms with Crippen molar-refractivity contribution >= 4 is 21.7 Å². The van der Waals surface area contributed by atoms with Crippen molar-refractivity contribution in [3.05, 3.63) is 52.1 Å². The molecule has 0 radical (unpaired) electrons. The van der Waals surface area contributed by atoms with Crippen LogP contribution in [-0.4, -0.2) is 16.5 Å². The lowest BCUT2D eigenvalue weighted by molar-refractivity contribution is 0.610. The third-order valence-electron chi connectivity index (χ3n) is 2.89. The van der Waals surface area contributed by atoms with Crippen molar-refractivity contribution in [1.82, 2.24) is 9.97 Å². The van der Waals surface area contributed by atoms with E-state index in [2.05, 4.69) is 31.2 Å². The summed E-state index contributed by atoms with van der Waals surface area (Å²) in [4.78, 5) is 8.76. The highest BCUT2D eigenvalue weighted by atomic mass is 79.9. The van der Waals surface area contributed by atoms with Crippen LogP contribution in [0.1, 0.15) is 31.2 Å². The fourth-order valence-corrected chi connectivity index (χ4v) is 2.21. The van der Waals surface area contributed by atoms with E-state index in [1.807, 2.05) is 26.0 Å². The smallest absolute Gasteiger partial charge is 0.134 e. The first-order chi connectivity index (χ1) is 9.56. The van der Waals surface area contributed by atoms with E-state index < -0.39 is 0 Å². The molecule has 0 atom stereocenters. The van der Waals surface area contributed by atoms with Crippen molar-refractivity contribution in [2.24, 2.45) is 0 Å². The maximum absolute atomic E-state index is 13.5. The maximum atomic E-state index is 13.5. The number of rotatable bonds is 5. The zero-order valence-corrected chi connectivity index (χ0v) is 13.1. The van der Waals surface area contributed by atoms with E-state index in [1.165, 1.54) is 6.07 Å². The topological polar surface area (TPSA) is 37.8 Å². The molecule has 0 saturated carbocycles. The molecule has 1 aromatic carbocycles. The summed E-state index contributed by atoms with van der Waals surface area (Å²) >= 11 is 3.38. The molecule has 0 amide bonds. The van der Waals surface area contributed by atoms with Crippen LogP contribution in [-0.2, 0) is 6.42 Å². The normalized spacial score (nSPS) is 10.8. The zero-order chi connectivity index (χ0) is 14.5. The van der Waals surface area contributed by atoms with Gasteiger partial charge in [0.2, 0.25) is 0 Å².